The van der Waals surface area contributed by atoms with Crippen LogP contribution in [0.2, 0.25) is 5.02 Å². The van der Waals surface area contributed by atoms with Crippen LogP contribution in [-0.2, 0) is 11.2 Å². The number of phenols is 1. The molecular formula is C22H19ClN2O3. The lowest BCUT2D eigenvalue weighted by Gasteiger charge is -2.19. The third-order valence-electron chi connectivity index (χ3n) is 4.12. The molecule has 0 heterocycles. The van der Waals surface area contributed by atoms with Crippen LogP contribution in [-0.4, -0.2) is 23.0 Å². The Hall–Kier alpha value is -3.31. The summed E-state index contributed by atoms with van der Waals surface area (Å²) in [7, 11) is 0. The summed E-state index contributed by atoms with van der Waals surface area (Å²) in [5, 5.41) is 15.6. The van der Waals surface area contributed by atoms with E-state index in [4.69, 9.17) is 11.6 Å². The third kappa shape index (κ3) is 5.34. The summed E-state index contributed by atoms with van der Waals surface area (Å²) in [5.41, 5.74) is 1.77. The molecule has 1 atom stereocenters. The van der Waals surface area contributed by atoms with Crippen molar-refractivity contribution in [3.8, 4) is 5.75 Å². The van der Waals surface area contributed by atoms with Gasteiger partial charge in [-0.1, -0.05) is 48.0 Å². The number of anilines is 1. The third-order valence-corrected chi connectivity index (χ3v) is 4.38. The number of hydrogen-bond donors (Lipinski definition) is 3. The lowest BCUT2D eigenvalue weighted by atomic mass is 10.0. The Balaban J connectivity index is 1.78. The molecule has 3 rings (SSSR count). The number of nitrogens with one attached hydrogen (secondary N) is 2. The highest BCUT2D eigenvalue weighted by atomic mass is 35.5. The van der Waals surface area contributed by atoms with Gasteiger partial charge in [-0.2, -0.15) is 0 Å². The molecule has 0 spiro atoms. The van der Waals surface area contributed by atoms with Gasteiger partial charge in [-0.25, -0.2) is 0 Å². The smallest absolute Gasteiger partial charge is 0.251 e. The fraction of sp³-hybridized carbons (Fsp3) is 0.0909. The van der Waals surface area contributed by atoms with Crippen LogP contribution < -0.4 is 10.6 Å². The highest BCUT2D eigenvalue weighted by Crippen LogP contribution is 2.16. The maximum atomic E-state index is 12.8. The zero-order chi connectivity index (χ0) is 19.9. The van der Waals surface area contributed by atoms with Gasteiger partial charge < -0.3 is 15.7 Å². The SMILES string of the molecule is O=C(NC(Cc1ccccc1)C(=O)Nc1cccc(O)c1)c1ccc(Cl)cc1. The highest BCUT2D eigenvalue weighted by Gasteiger charge is 2.22. The lowest BCUT2D eigenvalue weighted by molar-refractivity contribution is -0.118. The fourth-order valence-corrected chi connectivity index (χ4v) is 2.84. The van der Waals surface area contributed by atoms with Crippen LogP contribution in [0.15, 0.2) is 78.9 Å². The number of carbonyl (C=O) groups excluding carboxylic acids is 2. The van der Waals surface area contributed by atoms with Crippen LogP contribution >= 0.6 is 11.6 Å². The largest absolute Gasteiger partial charge is 0.508 e. The zero-order valence-corrected chi connectivity index (χ0v) is 15.7. The zero-order valence-electron chi connectivity index (χ0n) is 14.9. The molecule has 142 valence electrons. The van der Waals surface area contributed by atoms with E-state index in [0.717, 1.165) is 5.56 Å². The van der Waals surface area contributed by atoms with Crippen molar-refractivity contribution in [2.75, 3.05) is 5.32 Å². The summed E-state index contributed by atoms with van der Waals surface area (Å²) in [6.07, 6.45) is 0.324. The molecule has 3 aromatic carbocycles. The van der Waals surface area contributed by atoms with E-state index in [1.54, 1.807) is 36.4 Å². The maximum absolute atomic E-state index is 12.8. The maximum Gasteiger partial charge on any atom is 0.251 e. The molecule has 0 saturated carbocycles. The van der Waals surface area contributed by atoms with E-state index < -0.39 is 6.04 Å². The molecule has 3 aromatic rings. The molecule has 0 radical (unpaired) electrons. The van der Waals surface area contributed by atoms with Crippen molar-refractivity contribution in [1.82, 2.24) is 5.32 Å². The van der Waals surface area contributed by atoms with Gasteiger partial charge in [-0.3, -0.25) is 9.59 Å². The number of carbonyl (C=O) groups is 2. The molecule has 3 N–H and O–H groups in total. The normalized spacial score (nSPS) is 11.5. The van der Waals surface area contributed by atoms with E-state index in [-0.39, 0.29) is 17.6 Å². The predicted octanol–water partition coefficient (Wildman–Crippen LogP) is 4.03. The van der Waals surface area contributed by atoms with Gasteiger partial charge in [0.25, 0.3) is 5.91 Å². The number of amides is 2. The van der Waals surface area contributed by atoms with E-state index >= 15 is 0 Å². The van der Waals surface area contributed by atoms with Crippen LogP contribution in [0, 0.1) is 0 Å². The highest BCUT2D eigenvalue weighted by molar-refractivity contribution is 6.30. The first-order valence-corrected chi connectivity index (χ1v) is 9.09. The molecule has 0 saturated heterocycles. The van der Waals surface area contributed by atoms with Gasteiger partial charge in [0.1, 0.15) is 11.8 Å². The Morgan fingerprint density at radius 3 is 2.32 bits per heavy atom. The average Bonchev–Trinajstić information content (AvgIpc) is 2.68. The number of rotatable bonds is 6. The summed E-state index contributed by atoms with van der Waals surface area (Å²) in [4.78, 5) is 25.4. The standard InChI is InChI=1S/C22H19ClN2O3/c23-17-11-9-16(10-12-17)21(27)25-20(13-15-5-2-1-3-6-15)22(28)24-18-7-4-8-19(26)14-18/h1-12,14,20,26H,13H2,(H,24,28)(H,25,27). The van der Waals surface area contributed by atoms with Gasteiger partial charge in [-0.05, 0) is 42.0 Å². The summed E-state index contributed by atoms with van der Waals surface area (Å²) in [6.45, 7) is 0. The Kier molecular flexibility index (Phi) is 6.29. The number of phenolic OH excluding ortho intramolecular Hbond substituents is 1. The minimum atomic E-state index is -0.798. The van der Waals surface area contributed by atoms with Crippen molar-refractivity contribution < 1.29 is 14.7 Å². The molecule has 0 aliphatic heterocycles. The van der Waals surface area contributed by atoms with Crippen molar-refractivity contribution >= 4 is 29.1 Å². The molecule has 2 amide bonds. The fourth-order valence-electron chi connectivity index (χ4n) is 2.71. The van der Waals surface area contributed by atoms with Crippen molar-refractivity contribution in [2.45, 2.75) is 12.5 Å². The second-order valence-electron chi connectivity index (χ2n) is 6.26. The van der Waals surface area contributed by atoms with Crippen LogP contribution in [0.25, 0.3) is 0 Å². The van der Waals surface area contributed by atoms with Crippen molar-refractivity contribution in [3.63, 3.8) is 0 Å². The van der Waals surface area contributed by atoms with Gasteiger partial charge in [0.15, 0.2) is 0 Å². The van der Waals surface area contributed by atoms with E-state index in [9.17, 15) is 14.7 Å². The molecule has 5 nitrogen and oxygen atoms in total. The molecule has 0 fully saturated rings. The van der Waals surface area contributed by atoms with Crippen LogP contribution in [0.5, 0.6) is 5.75 Å². The topological polar surface area (TPSA) is 78.4 Å². The first-order chi connectivity index (χ1) is 13.5. The summed E-state index contributed by atoms with van der Waals surface area (Å²) >= 11 is 5.87. The lowest BCUT2D eigenvalue weighted by Crippen LogP contribution is -2.45. The average molecular weight is 395 g/mol. The van der Waals surface area contributed by atoms with Gasteiger partial charge in [-0.15, -0.1) is 0 Å². The van der Waals surface area contributed by atoms with Crippen molar-refractivity contribution in [2.24, 2.45) is 0 Å². The molecule has 0 aliphatic rings. The second kappa shape index (κ2) is 9.06. The summed E-state index contributed by atoms with van der Waals surface area (Å²) in [5.74, 6) is -0.706. The van der Waals surface area contributed by atoms with Gasteiger partial charge in [0.05, 0.1) is 0 Å². The quantitative estimate of drug-likeness (QED) is 0.590. The minimum Gasteiger partial charge on any atom is -0.508 e. The van der Waals surface area contributed by atoms with Gasteiger partial charge in [0.2, 0.25) is 5.91 Å². The molecule has 0 aromatic heterocycles. The van der Waals surface area contributed by atoms with Gasteiger partial charge >= 0.3 is 0 Å². The second-order valence-corrected chi connectivity index (χ2v) is 6.70. The van der Waals surface area contributed by atoms with Crippen LogP contribution in [0.3, 0.4) is 0 Å². The Morgan fingerprint density at radius 1 is 0.929 bits per heavy atom. The van der Waals surface area contributed by atoms with Crippen molar-refractivity contribution in [1.29, 1.82) is 0 Å². The monoisotopic (exact) mass is 394 g/mol. The summed E-state index contributed by atoms with van der Waals surface area (Å²) in [6, 6.07) is 21.3. The number of hydrogen-bond acceptors (Lipinski definition) is 3. The molecule has 28 heavy (non-hydrogen) atoms. The van der Waals surface area contributed by atoms with Crippen LogP contribution in [0.4, 0.5) is 5.69 Å². The molecule has 1 unspecified atom stereocenters. The Labute approximate surface area is 168 Å². The molecule has 0 bridgehead atoms. The number of aromatic hydroxyl groups is 1. The van der Waals surface area contributed by atoms with E-state index in [1.807, 2.05) is 30.3 Å². The predicted molar refractivity (Wildman–Crippen MR) is 110 cm³/mol. The molecule has 0 aliphatic carbocycles. The van der Waals surface area contributed by atoms with E-state index in [1.165, 1.54) is 12.1 Å². The minimum absolute atomic E-state index is 0.0441. The molecular weight excluding hydrogens is 376 g/mol. The van der Waals surface area contributed by atoms with E-state index in [2.05, 4.69) is 10.6 Å². The first-order valence-electron chi connectivity index (χ1n) is 8.71. The van der Waals surface area contributed by atoms with Gasteiger partial charge in [0, 0.05) is 28.8 Å². The van der Waals surface area contributed by atoms with E-state index in [0.29, 0.717) is 22.7 Å². The van der Waals surface area contributed by atoms with Crippen molar-refractivity contribution in [3.05, 3.63) is 95.0 Å². The molecule has 6 heteroatoms. The summed E-state index contributed by atoms with van der Waals surface area (Å²) < 4.78 is 0. The Morgan fingerprint density at radius 2 is 1.64 bits per heavy atom. The number of benzene rings is 3. The first kappa shape index (κ1) is 19.5. The number of halogens is 1. The Bertz CT molecular complexity index is 959. The van der Waals surface area contributed by atoms with Crippen LogP contribution in [0.1, 0.15) is 15.9 Å².